The Bertz CT molecular complexity index is 1580. The smallest absolute Gasteiger partial charge is 0.254 e. The van der Waals surface area contributed by atoms with Crippen molar-refractivity contribution in [2.24, 2.45) is 0 Å². The highest BCUT2D eigenvalue weighted by molar-refractivity contribution is 7.91. The molecule has 3 heterocycles. The molecule has 3 aliphatic heterocycles. The molecule has 1 unspecified atom stereocenters. The molecule has 43 heavy (non-hydrogen) atoms. The summed E-state index contributed by atoms with van der Waals surface area (Å²) in [4.78, 5) is 20.8. The van der Waals surface area contributed by atoms with E-state index in [-0.39, 0.29) is 28.5 Å². The van der Waals surface area contributed by atoms with Gasteiger partial charge in [-0.1, -0.05) is 30.3 Å². The molecule has 3 aromatic rings. The Labute approximate surface area is 255 Å². The number of amides is 1. The van der Waals surface area contributed by atoms with E-state index in [1.54, 1.807) is 24.3 Å². The largest absolute Gasteiger partial charge is 0.454 e. The minimum Gasteiger partial charge on any atom is -0.454 e. The number of fused-ring (bicyclic) bond motifs is 1. The maximum atomic E-state index is 13.3. The van der Waals surface area contributed by atoms with Gasteiger partial charge >= 0.3 is 0 Å². The predicted octanol–water partition coefficient (Wildman–Crippen LogP) is 5.32. The van der Waals surface area contributed by atoms with Gasteiger partial charge in [-0.05, 0) is 82.0 Å². The maximum Gasteiger partial charge on any atom is 0.254 e. The van der Waals surface area contributed by atoms with E-state index < -0.39 is 9.84 Å². The number of hydrogen-bond acceptors (Lipinski definition) is 7. The third kappa shape index (κ3) is 5.78. The number of ether oxygens (including phenoxy) is 2. The van der Waals surface area contributed by atoms with Crippen LogP contribution in [-0.2, 0) is 9.84 Å². The van der Waals surface area contributed by atoms with Gasteiger partial charge in [0.1, 0.15) is 0 Å². The molecule has 9 heteroatoms. The number of rotatable bonds is 6. The second-order valence-corrected chi connectivity index (χ2v) is 14.1. The average Bonchev–Trinajstić information content (AvgIpc) is 3.50. The van der Waals surface area contributed by atoms with Crippen LogP contribution in [0, 0.1) is 6.92 Å². The molecule has 1 amide bonds. The lowest BCUT2D eigenvalue weighted by Crippen LogP contribution is -2.61. The van der Waals surface area contributed by atoms with E-state index in [4.69, 9.17) is 9.47 Å². The summed E-state index contributed by atoms with van der Waals surface area (Å²) in [6, 6.07) is 21.2. The van der Waals surface area contributed by atoms with Crippen molar-refractivity contribution in [3.8, 4) is 11.5 Å². The number of piperidine rings is 1. The summed E-state index contributed by atoms with van der Waals surface area (Å²) in [6.07, 6.45) is 1.98. The molecule has 6 rings (SSSR count). The summed E-state index contributed by atoms with van der Waals surface area (Å²) in [5, 5.41) is 0. The van der Waals surface area contributed by atoms with Crippen LogP contribution >= 0.6 is 0 Å². The van der Waals surface area contributed by atoms with Crippen LogP contribution in [0.2, 0.25) is 0 Å². The number of carbonyl (C=O) groups is 1. The second kappa shape index (κ2) is 11.9. The van der Waals surface area contributed by atoms with Gasteiger partial charge < -0.3 is 14.4 Å². The van der Waals surface area contributed by atoms with Gasteiger partial charge in [-0.3, -0.25) is 14.6 Å². The van der Waals surface area contributed by atoms with Crippen molar-refractivity contribution >= 4 is 15.7 Å². The standard InChI is InChI=1S/C34H41N3O5S/c1-23-7-5-6-8-31(23)34(38)35-17-15-28(16-18-35)37-21-24(2)36(20-25(37)3)26(4)27-9-11-29(12-10-27)43(39,40)30-13-14-32-33(19-30)42-22-41-32/h5-14,19,24-26,28H,15-18,20-22H2,1-4H3/t24-,25?,26+/m1/s1. The van der Waals surface area contributed by atoms with Crippen LogP contribution < -0.4 is 9.47 Å². The Hall–Kier alpha value is -3.40. The highest BCUT2D eigenvalue weighted by Crippen LogP contribution is 2.36. The number of carbonyl (C=O) groups excluding carboxylic acids is 1. The maximum absolute atomic E-state index is 13.3. The van der Waals surface area contributed by atoms with E-state index >= 15 is 0 Å². The highest BCUT2D eigenvalue weighted by Gasteiger charge is 2.37. The third-order valence-corrected chi connectivity index (χ3v) is 11.3. The number of benzene rings is 3. The molecule has 0 aliphatic carbocycles. The first-order valence-electron chi connectivity index (χ1n) is 15.2. The molecule has 3 atom stereocenters. The Balaban J connectivity index is 1.07. The van der Waals surface area contributed by atoms with Gasteiger partial charge in [-0.25, -0.2) is 8.42 Å². The van der Waals surface area contributed by atoms with E-state index in [0.717, 1.165) is 55.7 Å². The van der Waals surface area contributed by atoms with Crippen molar-refractivity contribution in [1.29, 1.82) is 0 Å². The Kier molecular flexibility index (Phi) is 8.24. The number of likely N-dealkylation sites (tertiary alicyclic amines) is 1. The molecule has 0 aromatic heterocycles. The van der Waals surface area contributed by atoms with Crippen molar-refractivity contribution in [2.45, 2.75) is 74.5 Å². The minimum atomic E-state index is -3.67. The molecular formula is C34H41N3O5S. The lowest BCUT2D eigenvalue weighted by molar-refractivity contribution is -0.0187. The summed E-state index contributed by atoms with van der Waals surface area (Å²) >= 11 is 0. The monoisotopic (exact) mass is 603 g/mol. The van der Waals surface area contributed by atoms with Crippen LogP contribution in [0.15, 0.2) is 76.5 Å². The van der Waals surface area contributed by atoms with E-state index in [1.807, 2.05) is 48.2 Å². The highest BCUT2D eigenvalue weighted by atomic mass is 32.2. The average molecular weight is 604 g/mol. The topological polar surface area (TPSA) is 79.4 Å². The van der Waals surface area contributed by atoms with E-state index in [1.165, 1.54) is 6.07 Å². The van der Waals surface area contributed by atoms with Crippen LogP contribution in [0.3, 0.4) is 0 Å². The first-order valence-corrected chi connectivity index (χ1v) is 16.7. The summed E-state index contributed by atoms with van der Waals surface area (Å²) in [5.41, 5.74) is 2.94. The van der Waals surface area contributed by atoms with Gasteiger partial charge in [0, 0.05) is 62.0 Å². The molecule has 0 spiro atoms. The van der Waals surface area contributed by atoms with Crippen molar-refractivity contribution in [3.63, 3.8) is 0 Å². The first kappa shape index (κ1) is 29.7. The van der Waals surface area contributed by atoms with Gasteiger partial charge in [0.25, 0.3) is 5.91 Å². The van der Waals surface area contributed by atoms with Crippen LogP contribution in [0.1, 0.15) is 61.1 Å². The number of piperazine rings is 1. The molecule has 0 saturated carbocycles. The Morgan fingerprint density at radius 2 is 1.53 bits per heavy atom. The molecular weight excluding hydrogens is 562 g/mol. The molecule has 8 nitrogen and oxygen atoms in total. The van der Waals surface area contributed by atoms with E-state index in [9.17, 15) is 13.2 Å². The normalized spacial score (nSPS) is 22.5. The van der Waals surface area contributed by atoms with Crippen LogP contribution in [0.25, 0.3) is 0 Å². The van der Waals surface area contributed by atoms with Gasteiger partial charge in [0.05, 0.1) is 9.79 Å². The molecule has 0 N–H and O–H groups in total. The molecule has 0 radical (unpaired) electrons. The van der Waals surface area contributed by atoms with Gasteiger partial charge in [0.2, 0.25) is 16.6 Å². The minimum absolute atomic E-state index is 0.103. The Morgan fingerprint density at radius 1 is 0.860 bits per heavy atom. The summed E-state index contributed by atoms with van der Waals surface area (Å²) in [5.74, 6) is 1.16. The van der Waals surface area contributed by atoms with Crippen LogP contribution in [-0.4, -0.2) is 80.1 Å². The summed E-state index contributed by atoms with van der Waals surface area (Å²) in [6.45, 7) is 12.4. The lowest BCUT2D eigenvalue weighted by Gasteiger charge is -2.50. The zero-order valence-corrected chi connectivity index (χ0v) is 26.2. The molecule has 3 aromatic carbocycles. The summed E-state index contributed by atoms with van der Waals surface area (Å²) < 4.78 is 37.3. The van der Waals surface area contributed by atoms with Gasteiger partial charge in [-0.2, -0.15) is 0 Å². The lowest BCUT2D eigenvalue weighted by atomic mass is 9.95. The summed E-state index contributed by atoms with van der Waals surface area (Å²) in [7, 11) is -3.67. The van der Waals surface area contributed by atoms with E-state index in [0.29, 0.717) is 29.6 Å². The Morgan fingerprint density at radius 3 is 2.26 bits per heavy atom. The molecule has 2 saturated heterocycles. The second-order valence-electron chi connectivity index (χ2n) is 12.2. The van der Waals surface area contributed by atoms with Crippen LogP contribution in [0.5, 0.6) is 11.5 Å². The fraction of sp³-hybridized carbons (Fsp3) is 0.441. The number of nitrogens with zero attached hydrogens (tertiary/aromatic N) is 3. The number of sulfone groups is 1. The quantitative estimate of drug-likeness (QED) is 0.378. The van der Waals surface area contributed by atoms with Gasteiger partial charge in [-0.15, -0.1) is 0 Å². The molecule has 228 valence electrons. The fourth-order valence-corrected chi connectivity index (χ4v) is 8.19. The number of aryl methyl sites for hydroxylation is 1. The molecule has 0 bridgehead atoms. The predicted molar refractivity (Wildman–Crippen MR) is 165 cm³/mol. The zero-order valence-electron chi connectivity index (χ0n) is 25.4. The van der Waals surface area contributed by atoms with Crippen LogP contribution in [0.4, 0.5) is 0 Å². The van der Waals surface area contributed by atoms with Crippen molar-refractivity contribution < 1.29 is 22.7 Å². The van der Waals surface area contributed by atoms with Crippen molar-refractivity contribution in [1.82, 2.24) is 14.7 Å². The van der Waals surface area contributed by atoms with Crippen molar-refractivity contribution in [3.05, 3.63) is 83.4 Å². The molecule has 2 fully saturated rings. The van der Waals surface area contributed by atoms with Crippen molar-refractivity contribution in [2.75, 3.05) is 33.0 Å². The zero-order chi connectivity index (χ0) is 30.3. The van der Waals surface area contributed by atoms with Gasteiger partial charge in [0.15, 0.2) is 11.5 Å². The van der Waals surface area contributed by atoms with E-state index in [2.05, 4.69) is 30.6 Å². The SMILES string of the molecule is Cc1ccccc1C(=O)N1CCC(N2C[C@@H](C)N([C@@H](C)c3ccc(S(=O)(=O)c4ccc5c(c4)OCO5)cc3)CC2C)CC1. The molecule has 3 aliphatic rings. The first-order chi connectivity index (χ1) is 20.6. The third-order valence-electron chi connectivity index (χ3n) is 9.50. The number of hydrogen-bond donors (Lipinski definition) is 0. The fourth-order valence-electron chi connectivity index (χ4n) is 6.91.